The maximum Gasteiger partial charge on any atom is 0.424 e. The minimum atomic E-state index is -1.42. The van der Waals surface area contributed by atoms with Crippen molar-refractivity contribution in [2.24, 2.45) is 44.8 Å². The van der Waals surface area contributed by atoms with Gasteiger partial charge in [-0.05, 0) is 79.1 Å². The average molecular weight is 537 g/mol. The molecule has 5 fully saturated rings. The van der Waals surface area contributed by atoms with Crippen molar-refractivity contribution >= 4 is 17.7 Å². The van der Waals surface area contributed by atoms with E-state index in [1.54, 1.807) is 0 Å². The molecule has 7 heteroatoms. The van der Waals surface area contributed by atoms with Crippen molar-refractivity contribution in [3.8, 4) is 0 Å². The van der Waals surface area contributed by atoms with Crippen molar-refractivity contribution in [2.75, 3.05) is 7.11 Å². The highest BCUT2D eigenvalue weighted by atomic mass is 16.6. The number of ether oxygens (including phenoxy) is 2. The van der Waals surface area contributed by atoms with E-state index < -0.39 is 34.3 Å². The lowest BCUT2D eigenvalue weighted by Gasteiger charge is -2.69. The monoisotopic (exact) mass is 536 g/mol. The summed E-state index contributed by atoms with van der Waals surface area (Å²) in [5.74, 6) is -0.177. The Labute approximate surface area is 232 Å². The number of carbonyl (C=O) groups is 3. The van der Waals surface area contributed by atoms with E-state index in [-0.39, 0.29) is 45.6 Å². The van der Waals surface area contributed by atoms with Gasteiger partial charge >= 0.3 is 11.8 Å². The normalized spacial score (nSPS) is 50.5. The standard InChI is InChI=1S/C32H44N2O5/c1-26(2)12-14-31(34-25(37)38-9)15-13-29(6)22(18(31)17-26)19(35)16-21-28(29,5)11-10-20-27(3,4)23(36)32(33-8)24(39-32)30(20,21)7/h16,18,20,22,24H,10-15,17H2,1-7,9H3,(H,34,37)/t18-,20-,22-,24+,28+,29+,30-,31-,32-/m0/s1. The molecular formula is C32H44N2O5. The number of amides is 1. The van der Waals surface area contributed by atoms with Gasteiger partial charge in [0.05, 0.1) is 7.11 Å². The van der Waals surface area contributed by atoms with Gasteiger partial charge in [0, 0.05) is 22.3 Å². The number of carbonyl (C=O) groups excluding carboxylic acids is 3. The number of Topliss-reactive ketones (excluding diaryl/α,β-unsaturated/α-hetero) is 1. The molecule has 6 aliphatic rings. The number of nitrogens with one attached hydrogen (secondary N) is 1. The third-order valence-corrected chi connectivity index (χ3v) is 13.2. The summed E-state index contributed by atoms with van der Waals surface area (Å²) in [6.07, 6.45) is 7.06. The molecule has 1 heterocycles. The van der Waals surface area contributed by atoms with Gasteiger partial charge in [0.2, 0.25) is 0 Å². The molecule has 212 valence electrons. The van der Waals surface area contributed by atoms with Crippen LogP contribution in [0.3, 0.4) is 0 Å². The van der Waals surface area contributed by atoms with E-state index in [9.17, 15) is 14.4 Å². The summed E-state index contributed by atoms with van der Waals surface area (Å²) in [4.78, 5) is 44.4. The minimum Gasteiger partial charge on any atom is -0.453 e. The zero-order valence-electron chi connectivity index (χ0n) is 24.8. The lowest BCUT2D eigenvalue weighted by atomic mass is 9.34. The average Bonchev–Trinajstić information content (AvgIpc) is 3.62. The summed E-state index contributed by atoms with van der Waals surface area (Å²) in [6.45, 7) is 23.2. The first-order chi connectivity index (χ1) is 18.0. The number of hydrogen-bond donors (Lipinski definition) is 1. The van der Waals surface area contributed by atoms with Crippen LogP contribution in [0.5, 0.6) is 0 Å². The van der Waals surface area contributed by atoms with Gasteiger partial charge in [0.1, 0.15) is 0 Å². The minimum absolute atomic E-state index is 0.00411. The molecule has 0 aromatic heterocycles. The number of hydrogen-bond acceptors (Lipinski definition) is 5. The van der Waals surface area contributed by atoms with Gasteiger partial charge in [-0.25, -0.2) is 11.4 Å². The van der Waals surface area contributed by atoms with Gasteiger partial charge in [-0.15, -0.1) is 0 Å². The summed E-state index contributed by atoms with van der Waals surface area (Å²) >= 11 is 0. The molecule has 0 bridgehead atoms. The molecule has 0 aromatic carbocycles. The van der Waals surface area contributed by atoms with E-state index in [1.165, 1.54) is 7.11 Å². The second-order valence-electron chi connectivity index (χ2n) is 15.7. The van der Waals surface area contributed by atoms with Crippen molar-refractivity contribution in [3.63, 3.8) is 0 Å². The molecule has 39 heavy (non-hydrogen) atoms. The van der Waals surface area contributed by atoms with E-state index >= 15 is 0 Å². The first-order valence-corrected chi connectivity index (χ1v) is 14.7. The summed E-state index contributed by atoms with van der Waals surface area (Å²) in [7, 11) is 1.40. The second-order valence-corrected chi connectivity index (χ2v) is 15.7. The molecule has 0 aromatic rings. The highest BCUT2D eigenvalue weighted by Crippen LogP contribution is 2.77. The van der Waals surface area contributed by atoms with Gasteiger partial charge in [0.25, 0.3) is 5.78 Å². The molecule has 7 nitrogen and oxygen atoms in total. The van der Waals surface area contributed by atoms with Crippen LogP contribution in [0.2, 0.25) is 0 Å². The zero-order chi connectivity index (χ0) is 28.6. The first kappa shape index (κ1) is 27.0. The number of fused-ring (bicyclic) bond motifs is 9. The van der Waals surface area contributed by atoms with Crippen LogP contribution in [0.4, 0.5) is 4.79 Å². The molecule has 0 unspecified atom stereocenters. The summed E-state index contributed by atoms with van der Waals surface area (Å²) < 4.78 is 11.2. The molecule has 0 spiro atoms. The fourth-order valence-corrected chi connectivity index (χ4v) is 10.9. The molecule has 1 N–H and O–H groups in total. The summed E-state index contributed by atoms with van der Waals surface area (Å²) in [5, 5.41) is 3.25. The number of epoxide rings is 1. The van der Waals surface area contributed by atoms with E-state index in [1.807, 2.05) is 19.9 Å². The maximum atomic E-state index is 14.5. The van der Waals surface area contributed by atoms with Crippen LogP contribution in [-0.2, 0) is 19.1 Å². The molecule has 1 amide bonds. The quantitative estimate of drug-likeness (QED) is 0.334. The number of allylic oxidation sites excluding steroid dienone is 1. The van der Waals surface area contributed by atoms with Crippen LogP contribution >= 0.6 is 0 Å². The predicted molar refractivity (Wildman–Crippen MR) is 145 cm³/mol. The van der Waals surface area contributed by atoms with Crippen molar-refractivity contribution in [3.05, 3.63) is 23.1 Å². The van der Waals surface area contributed by atoms with Crippen molar-refractivity contribution in [2.45, 2.75) is 111 Å². The Morgan fingerprint density at radius 2 is 1.72 bits per heavy atom. The van der Waals surface area contributed by atoms with E-state index in [4.69, 9.17) is 16.0 Å². The SMILES string of the molecule is [C-]#[N+][C@@]12O[C@@H]1[C@]1(C)C3=CC(=O)[C@@H]4[C@@H]5CC(C)(C)CC[C@]5(NC(=O)OC)CC[C@@]4(C)[C@]3(C)CC[C@H]1C(C)(C)C2=O. The third-order valence-electron chi connectivity index (χ3n) is 13.2. The van der Waals surface area contributed by atoms with Gasteiger partial charge in [-0.2, -0.15) is 0 Å². The first-order valence-electron chi connectivity index (χ1n) is 14.7. The maximum absolute atomic E-state index is 14.5. The highest BCUT2D eigenvalue weighted by molar-refractivity contribution is 6.00. The molecule has 4 saturated carbocycles. The van der Waals surface area contributed by atoms with Gasteiger partial charge in [-0.3, -0.25) is 19.2 Å². The Hall–Kier alpha value is -2.20. The molecule has 1 saturated heterocycles. The fraction of sp³-hybridized carbons (Fsp3) is 0.812. The van der Waals surface area contributed by atoms with Crippen LogP contribution in [0.1, 0.15) is 93.4 Å². The summed E-state index contributed by atoms with van der Waals surface area (Å²) in [6, 6.07) is 0. The number of methoxy groups -OCH3 is 1. The Morgan fingerprint density at radius 1 is 1.05 bits per heavy atom. The predicted octanol–water partition coefficient (Wildman–Crippen LogP) is 5.88. The van der Waals surface area contributed by atoms with Crippen molar-refractivity contribution < 1.29 is 23.9 Å². The molecule has 6 rings (SSSR count). The van der Waals surface area contributed by atoms with E-state index in [2.05, 4.69) is 44.8 Å². The largest absolute Gasteiger partial charge is 0.453 e. The second kappa shape index (κ2) is 7.55. The lowest BCUT2D eigenvalue weighted by molar-refractivity contribution is -0.165. The smallest absolute Gasteiger partial charge is 0.424 e. The van der Waals surface area contributed by atoms with Gasteiger partial charge in [0.15, 0.2) is 11.9 Å². The van der Waals surface area contributed by atoms with Crippen LogP contribution in [0.25, 0.3) is 4.85 Å². The van der Waals surface area contributed by atoms with E-state index in [0.717, 1.165) is 50.5 Å². The van der Waals surface area contributed by atoms with Crippen molar-refractivity contribution in [1.29, 1.82) is 0 Å². The number of nitrogens with zero attached hydrogens (tertiary/aromatic N) is 1. The number of rotatable bonds is 1. The number of ketones is 2. The van der Waals surface area contributed by atoms with Crippen molar-refractivity contribution in [1.82, 2.24) is 5.32 Å². The summed E-state index contributed by atoms with van der Waals surface area (Å²) in [5.41, 5.74) is -2.59. The molecular weight excluding hydrogens is 492 g/mol. The number of alkyl carbamates (subject to hydrolysis) is 1. The van der Waals surface area contributed by atoms with Crippen LogP contribution in [-0.4, -0.2) is 42.1 Å². The zero-order valence-corrected chi connectivity index (χ0v) is 24.8. The lowest BCUT2D eigenvalue weighted by Crippen LogP contribution is -2.70. The van der Waals surface area contributed by atoms with Crippen LogP contribution < -0.4 is 5.32 Å². The van der Waals surface area contributed by atoms with Gasteiger partial charge in [-0.1, -0.05) is 54.0 Å². The Balaban J connectivity index is 1.50. The van der Waals surface area contributed by atoms with Crippen LogP contribution in [0.15, 0.2) is 11.6 Å². The Bertz CT molecular complexity index is 1260. The van der Waals surface area contributed by atoms with E-state index in [0.29, 0.717) is 0 Å². The fourth-order valence-electron chi connectivity index (χ4n) is 10.9. The highest BCUT2D eigenvalue weighted by Gasteiger charge is 2.87. The molecule has 0 radical (unpaired) electrons. The topological polar surface area (TPSA) is 89.4 Å². The Kier molecular flexibility index (Phi) is 5.22. The molecule has 1 aliphatic heterocycles. The molecule has 5 aliphatic carbocycles. The third kappa shape index (κ3) is 3.00. The Morgan fingerprint density at radius 3 is 2.36 bits per heavy atom. The molecule has 9 atom stereocenters. The van der Waals surface area contributed by atoms with Gasteiger partial charge < -0.3 is 10.1 Å². The van der Waals surface area contributed by atoms with Crippen LogP contribution in [0, 0.1) is 51.4 Å².